The van der Waals surface area contributed by atoms with Crippen molar-refractivity contribution in [2.45, 2.75) is 6.17 Å². The first kappa shape index (κ1) is 19.3. The summed E-state index contributed by atoms with van der Waals surface area (Å²) in [7, 11) is 0. The standard InChI is InChI=1S/C26H21N5O2/c32-25(21-15-17-9-4-5-11-19(17)28-21)30-24-26(33)31-14-13-27-20-12-6-10-18(23(20)31)22(29-24)16-7-2-1-3-8-16/h1-12,15,24,27-28H,13-14H2,(H,30,32). The predicted octanol–water partition coefficient (Wildman–Crippen LogP) is 3.53. The normalized spacial score (nSPS) is 17.1. The molecule has 33 heavy (non-hydrogen) atoms. The number of anilines is 2. The van der Waals surface area contributed by atoms with Gasteiger partial charge in [-0.05, 0) is 18.2 Å². The Morgan fingerprint density at radius 3 is 2.67 bits per heavy atom. The number of hydrogen-bond donors (Lipinski definition) is 3. The van der Waals surface area contributed by atoms with E-state index in [2.05, 4.69) is 15.6 Å². The highest BCUT2D eigenvalue weighted by Gasteiger charge is 2.36. The molecule has 6 rings (SSSR count). The fourth-order valence-corrected chi connectivity index (χ4v) is 4.52. The third-order valence-corrected chi connectivity index (χ3v) is 6.06. The number of rotatable bonds is 3. The van der Waals surface area contributed by atoms with Crippen LogP contribution in [0.2, 0.25) is 0 Å². The smallest absolute Gasteiger partial charge is 0.272 e. The summed E-state index contributed by atoms with van der Waals surface area (Å²) in [5.41, 5.74) is 5.37. The van der Waals surface area contributed by atoms with Gasteiger partial charge in [0, 0.05) is 35.1 Å². The van der Waals surface area contributed by atoms with E-state index < -0.39 is 6.17 Å². The summed E-state index contributed by atoms with van der Waals surface area (Å²) in [6.45, 7) is 1.13. The van der Waals surface area contributed by atoms with E-state index in [1.165, 1.54) is 0 Å². The van der Waals surface area contributed by atoms with Crippen molar-refractivity contribution in [1.29, 1.82) is 0 Å². The molecule has 0 saturated heterocycles. The number of fused-ring (bicyclic) bond motifs is 1. The maximum absolute atomic E-state index is 13.6. The van der Waals surface area contributed by atoms with Crippen LogP contribution in [-0.4, -0.2) is 41.8 Å². The van der Waals surface area contributed by atoms with Gasteiger partial charge >= 0.3 is 0 Å². The van der Waals surface area contributed by atoms with Crippen LogP contribution in [0.15, 0.2) is 83.9 Å². The van der Waals surface area contributed by atoms with Crippen LogP contribution in [-0.2, 0) is 4.79 Å². The lowest BCUT2D eigenvalue weighted by Gasteiger charge is -2.32. The number of carbonyl (C=O) groups is 2. The van der Waals surface area contributed by atoms with E-state index in [4.69, 9.17) is 4.99 Å². The molecule has 2 aliphatic rings. The van der Waals surface area contributed by atoms with E-state index in [0.29, 0.717) is 24.5 Å². The fourth-order valence-electron chi connectivity index (χ4n) is 4.52. The van der Waals surface area contributed by atoms with Gasteiger partial charge in [0.05, 0.1) is 17.1 Å². The Labute approximate surface area is 190 Å². The summed E-state index contributed by atoms with van der Waals surface area (Å²) < 4.78 is 0. The van der Waals surface area contributed by atoms with Gasteiger partial charge in [0.25, 0.3) is 11.8 Å². The maximum atomic E-state index is 13.6. The SMILES string of the molecule is O=C(NC1N=C(c2ccccc2)c2cccc3c2N(CCN3)C1=O)c1cc2ccccc2[nH]1. The highest BCUT2D eigenvalue weighted by Crippen LogP contribution is 2.36. The average Bonchev–Trinajstić information content (AvgIpc) is 3.26. The molecule has 0 spiro atoms. The Hall–Kier alpha value is -4.39. The number of aromatic nitrogens is 1. The summed E-state index contributed by atoms with van der Waals surface area (Å²) >= 11 is 0. The molecule has 2 amide bonds. The van der Waals surface area contributed by atoms with E-state index in [-0.39, 0.29) is 11.8 Å². The molecule has 1 unspecified atom stereocenters. The number of aliphatic imine (C=N–C) groups is 1. The molecule has 0 aliphatic carbocycles. The molecule has 162 valence electrons. The van der Waals surface area contributed by atoms with Crippen LogP contribution in [0, 0.1) is 0 Å². The molecule has 3 heterocycles. The van der Waals surface area contributed by atoms with Gasteiger partial charge in [-0.1, -0.05) is 60.7 Å². The van der Waals surface area contributed by atoms with Gasteiger partial charge in [-0.2, -0.15) is 0 Å². The molecule has 0 radical (unpaired) electrons. The minimum atomic E-state index is -1.04. The van der Waals surface area contributed by atoms with Crippen LogP contribution in [0.5, 0.6) is 0 Å². The molecular weight excluding hydrogens is 414 g/mol. The Balaban J connectivity index is 1.44. The van der Waals surface area contributed by atoms with E-state index in [9.17, 15) is 9.59 Å². The number of aromatic amines is 1. The molecule has 3 N–H and O–H groups in total. The van der Waals surface area contributed by atoms with Crippen molar-refractivity contribution >= 4 is 39.8 Å². The highest BCUT2D eigenvalue weighted by atomic mass is 16.2. The van der Waals surface area contributed by atoms with Crippen molar-refractivity contribution in [3.63, 3.8) is 0 Å². The van der Waals surface area contributed by atoms with Gasteiger partial charge in [-0.15, -0.1) is 0 Å². The lowest BCUT2D eigenvalue weighted by atomic mass is 9.98. The monoisotopic (exact) mass is 435 g/mol. The number of amides is 2. The molecular formula is C26H21N5O2. The Kier molecular flexibility index (Phi) is 4.47. The maximum Gasteiger partial charge on any atom is 0.272 e. The Morgan fingerprint density at radius 2 is 1.82 bits per heavy atom. The quantitative estimate of drug-likeness (QED) is 0.460. The second-order valence-corrected chi connectivity index (χ2v) is 8.11. The zero-order valence-corrected chi connectivity index (χ0v) is 17.7. The zero-order chi connectivity index (χ0) is 22.4. The molecule has 3 aromatic carbocycles. The second-order valence-electron chi connectivity index (χ2n) is 8.11. The average molecular weight is 435 g/mol. The third kappa shape index (κ3) is 3.25. The lowest BCUT2D eigenvalue weighted by Crippen LogP contribution is -2.49. The fraction of sp³-hybridized carbons (Fsp3) is 0.115. The van der Waals surface area contributed by atoms with Gasteiger partial charge in [0.15, 0.2) is 0 Å². The predicted molar refractivity (Wildman–Crippen MR) is 129 cm³/mol. The number of para-hydroxylation sites is 2. The van der Waals surface area contributed by atoms with Crippen molar-refractivity contribution in [1.82, 2.24) is 10.3 Å². The number of hydrogen-bond acceptors (Lipinski definition) is 4. The summed E-state index contributed by atoms with van der Waals surface area (Å²) in [5, 5.41) is 7.17. The van der Waals surface area contributed by atoms with Gasteiger partial charge in [0.2, 0.25) is 6.17 Å². The molecule has 0 saturated carbocycles. The van der Waals surface area contributed by atoms with Crippen LogP contribution in [0.1, 0.15) is 21.6 Å². The van der Waals surface area contributed by atoms with Gasteiger partial charge in [0.1, 0.15) is 5.69 Å². The number of nitrogens with zero attached hydrogens (tertiary/aromatic N) is 2. The minimum Gasteiger partial charge on any atom is -0.382 e. The van der Waals surface area contributed by atoms with Crippen molar-refractivity contribution < 1.29 is 9.59 Å². The molecule has 7 nitrogen and oxygen atoms in total. The molecule has 1 atom stereocenters. The summed E-state index contributed by atoms with van der Waals surface area (Å²) in [6, 6.07) is 25.1. The number of nitrogens with one attached hydrogen (secondary N) is 3. The topological polar surface area (TPSA) is 89.6 Å². The molecule has 4 aromatic rings. The molecule has 1 aromatic heterocycles. The number of benzene rings is 3. The van der Waals surface area contributed by atoms with Crippen molar-refractivity contribution in [2.24, 2.45) is 4.99 Å². The van der Waals surface area contributed by atoms with Crippen LogP contribution >= 0.6 is 0 Å². The first-order valence-electron chi connectivity index (χ1n) is 10.9. The van der Waals surface area contributed by atoms with E-state index in [1.807, 2.05) is 72.8 Å². The van der Waals surface area contributed by atoms with Crippen molar-refractivity contribution in [3.8, 4) is 0 Å². The van der Waals surface area contributed by atoms with E-state index in [0.717, 1.165) is 33.4 Å². The summed E-state index contributed by atoms with van der Waals surface area (Å²) in [4.78, 5) is 36.4. The summed E-state index contributed by atoms with van der Waals surface area (Å²) in [5.74, 6) is -0.623. The third-order valence-electron chi connectivity index (χ3n) is 6.06. The molecule has 0 fully saturated rings. The van der Waals surface area contributed by atoms with Crippen LogP contribution in [0.25, 0.3) is 10.9 Å². The largest absolute Gasteiger partial charge is 0.382 e. The zero-order valence-electron chi connectivity index (χ0n) is 17.7. The second kappa shape index (κ2) is 7.63. The Morgan fingerprint density at radius 1 is 1.00 bits per heavy atom. The molecule has 0 bridgehead atoms. The number of H-pyrrole nitrogens is 1. The first-order chi connectivity index (χ1) is 16.2. The molecule has 2 aliphatic heterocycles. The van der Waals surface area contributed by atoms with Crippen LogP contribution in [0.3, 0.4) is 0 Å². The first-order valence-corrected chi connectivity index (χ1v) is 10.9. The van der Waals surface area contributed by atoms with Crippen LogP contribution < -0.4 is 15.5 Å². The van der Waals surface area contributed by atoms with Crippen LogP contribution in [0.4, 0.5) is 11.4 Å². The minimum absolute atomic E-state index is 0.249. The molecule has 7 heteroatoms. The van der Waals surface area contributed by atoms with Gasteiger partial charge in [-0.3, -0.25) is 9.59 Å². The van der Waals surface area contributed by atoms with E-state index in [1.54, 1.807) is 11.0 Å². The van der Waals surface area contributed by atoms with Gasteiger partial charge in [-0.25, -0.2) is 4.99 Å². The van der Waals surface area contributed by atoms with E-state index >= 15 is 0 Å². The number of carbonyl (C=O) groups excluding carboxylic acids is 2. The van der Waals surface area contributed by atoms with Gasteiger partial charge < -0.3 is 20.5 Å². The Bertz CT molecular complexity index is 1390. The highest BCUT2D eigenvalue weighted by molar-refractivity contribution is 6.22. The van der Waals surface area contributed by atoms with Crippen molar-refractivity contribution in [3.05, 3.63) is 95.7 Å². The lowest BCUT2D eigenvalue weighted by molar-refractivity contribution is -0.120. The van der Waals surface area contributed by atoms with Crippen molar-refractivity contribution in [2.75, 3.05) is 23.3 Å². The summed E-state index contributed by atoms with van der Waals surface area (Å²) in [6.07, 6.45) is -1.04.